The fraction of sp³-hybridized carbons (Fsp3) is 0.158. The van der Waals surface area contributed by atoms with Gasteiger partial charge in [-0.3, -0.25) is 23.6 Å². The first kappa shape index (κ1) is 18.1. The van der Waals surface area contributed by atoms with Gasteiger partial charge in [-0.1, -0.05) is 36.4 Å². The Morgan fingerprint density at radius 2 is 1.78 bits per heavy atom. The molecule has 2 aromatic heterocycles. The summed E-state index contributed by atoms with van der Waals surface area (Å²) in [7, 11) is 1.29. The topological polar surface area (TPSA) is 103 Å². The lowest BCUT2D eigenvalue weighted by molar-refractivity contribution is -0.141. The van der Waals surface area contributed by atoms with E-state index >= 15 is 0 Å². The Bertz CT molecular complexity index is 1040. The van der Waals surface area contributed by atoms with Crippen molar-refractivity contribution in [3.63, 3.8) is 0 Å². The van der Waals surface area contributed by atoms with Gasteiger partial charge in [0.2, 0.25) is 0 Å². The third-order valence-electron chi connectivity index (χ3n) is 3.96. The average Bonchev–Trinajstić information content (AvgIpc) is 3.07. The zero-order valence-corrected chi connectivity index (χ0v) is 14.5. The summed E-state index contributed by atoms with van der Waals surface area (Å²) in [5.41, 5.74) is 1.76. The molecule has 8 nitrogen and oxygen atoms in total. The van der Waals surface area contributed by atoms with E-state index in [1.165, 1.54) is 23.9 Å². The molecule has 1 N–H and O–H groups in total. The monoisotopic (exact) mass is 367 g/mol. The lowest BCUT2D eigenvalue weighted by atomic mass is 10.1. The van der Waals surface area contributed by atoms with E-state index in [0.717, 1.165) is 10.1 Å². The van der Waals surface area contributed by atoms with Crippen LogP contribution in [-0.4, -0.2) is 38.5 Å². The van der Waals surface area contributed by atoms with E-state index < -0.39 is 24.0 Å². The van der Waals surface area contributed by atoms with Gasteiger partial charge in [-0.2, -0.15) is 5.10 Å². The number of hydrogen-bond acceptors (Lipinski definition) is 5. The number of hydrogen-bond donors (Lipinski definition) is 1. The second-order valence-corrected chi connectivity index (χ2v) is 5.74. The zero-order chi connectivity index (χ0) is 19.4. The molecule has 0 saturated heterocycles. The third kappa shape index (κ3) is 3.95. The number of rotatable bonds is 6. The van der Waals surface area contributed by atoms with Gasteiger partial charge in [0, 0.05) is 6.07 Å². The Hall–Kier alpha value is -3.68. The van der Waals surface area contributed by atoms with Crippen LogP contribution in [0.15, 0.2) is 59.4 Å². The van der Waals surface area contributed by atoms with E-state index in [1.807, 2.05) is 30.3 Å². The van der Waals surface area contributed by atoms with Crippen molar-refractivity contribution in [2.24, 2.45) is 0 Å². The molecular weight excluding hydrogens is 350 g/mol. The highest BCUT2D eigenvalue weighted by atomic mass is 16.5. The smallest absolute Gasteiger partial charge is 0.327 e. The number of carboxylic acids is 1. The minimum Gasteiger partial charge on any atom is -0.480 e. The molecule has 8 heteroatoms. The SMILES string of the molecule is COC(=O)Cn1nc(-c2cccc(=O)n2CC(=O)O)cc1-c1ccccc1. The maximum atomic E-state index is 12.1. The van der Waals surface area contributed by atoms with Gasteiger partial charge >= 0.3 is 11.9 Å². The third-order valence-corrected chi connectivity index (χ3v) is 3.96. The first-order valence-corrected chi connectivity index (χ1v) is 8.11. The maximum Gasteiger partial charge on any atom is 0.327 e. The molecule has 0 aliphatic heterocycles. The van der Waals surface area contributed by atoms with Crippen LogP contribution < -0.4 is 5.56 Å². The van der Waals surface area contributed by atoms with E-state index in [9.17, 15) is 14.4 Å². The van der Waals surface area contributed by atoms with Crippen molar-refractivity contribution in [3.05, 3.63) is 65.0 Å². The Morgan fingerprint density at radius 1 is 1.04 bits per heavy atom. The van der Waals surface area contributed by atoms with Crippen molar-refractivity contribution in [1.29, 1.82) is 0 Å². The summed E-state index contributed by atoms with van der Waals surface area (Å²) >= 11 is 0. The molecule has 0 amide bonds. The van der Waals surface area contributed by atoms with Crippen LogP contribution in [0.25, 0.3) is 22.6 Å². The van der Waals surface area contributed by atoms with Gasteiger partial charge in [0.25, 0.3) is 5.56 Å². The molecule has 0 radical (unpaired) electrons. The molecule has 0 bridgehead atoms. The molecule has 0 unspecified atom stereocenters. The number of carbonyl (C=O) groups is 2. The summed E-state index contributed by atoms with van der Waals surface area (Å²) in [6.45, 7) is -0.601. The van der Waals surface area contributed by atoms with E-state index in [1.54, 1.807) is 12.1 Å². The van der Waals surface area contributed by atoms with E-state index in [2.05, 4.69) is 5.10 Å². The number of esters is 1. The molecule has 3 aromatic rings. The molecule has 27 heavy (non-hydrogen) atoms. The fourth-order valence-corrected chi connectivity index (χ4v) is 2.73. The van der Waals surface area contributed by atoms with Gasteiger partial charge in [-0.15, -0.1) is 0 Å². The molecular formula is C19H17N3O5. The molecule has 2 heterocycles. The highest BCUT2D eigenvalue weighted by Crippen LogP contribution is 2.25. The van der Waals surface area contributed by atoms with E-state index in [-0.39, 0.29) is 6.54 Å². The molecule has 138 valence electrons. The van der Waals surface area contributed by atoms with E-state index in [0.29, 0.717) is 17.1 Å². The van der Waals surface area contributed by atoms with Crippen LogP contribution in [0, 0.1) is 0 Å². The molecule has 0 atom stereocenters. The first-order valence-electron chi connectivity index (χ1n) is 8.11. The van der Waals surface area contributed by atoms with Crippen molar-refractivity contribution in [1.82, 2.24) is 14.3 Å². The Balaban J connectivity index is 2.15. The number of aromatic nitrogens is 3. The predicted octanol–water partition coefficient (Wildman–Crippen LogP) is 1.64. The number of ether oxygens (including phenoxy) is 1. The average molecular weight is 367 g/mol. The summed E-state index contributed by atoms with van der Waals surface area (Å²) in [4.78, 5) is 35.0. The molecule has 0 spiro atoms. The van der Waals surface area contributed by atoms with Crippen molar-refractivity contribution in [2.45, 2.75) is 13.1 Å². The van der Waals surface area contributed by atoms with Gasteiger partial charge < -0.3 is 9.84 Å². The second-order valence-electron chi connectivity index (χ2n) is 5.74. The van der Waals surface area contributed by atoms with Gasteiger partial charge in [0.05, 0.1) is 18.5 Å². The standard InChI is InChI=1S/C19H17N3O5/c1-27-19(26)12-22-16(13-6-3-2-4-7-13)10-14(20-22)15-8-5-9-17(23)21(15)11-18(24)25/h2-10H,11-12H2,1H3,(H,24,25). The Kier molecular flexibility index (Phi) is 5.16. The van der Waals surface area contributed by atoms with Crippen LogP contribution in [0.2, 0.25) is 0 Å². The van der Waals surface area contributed by atoms with Gasteiger partial charge in [0.15, 0.2) is 0 Å². The van der Waals surface area contributed by atoms with Gasteiger partial charge in [-0.05, 0) is 17.7 Å². The quantitative estimate of drug-likeness (QED) is 0.664. The zero-order valence-electron chi connectivity index (χ0n) is 14.5. The molecule has 1 aromatic carbocycles. The van der Waals surface area contributed by atoms with Crippen LogP contribution >= 0.6 is 0 Å². The molecule has 0 fully saturated rings. The first-order chi connectivity index (χ1) is 13.0. The van der Waals surface area contributed by atoms with Gasteiger partial charge in [-0.25, -0.2) is 0 Å². The number of carboxylic acid groups (broad SMARTS) is 1. The summed E-state index contributed by atoms with van der Waals surface area (Å²) in [5.74, 6) is -1.61. The summed E-state index contributed by atoms with van der Waals surface area (Å²) < 4.78 is 7.32. The lowest BCUT2D eigenvalue weighted by Gasteiger charge is -2.08. The normalized spacial score (nSPS) is 10.6. The molecule has 0 aliphatic carbocycles. The Labute approximate surface area is 154 Å². The lowest BCUT2D eigenvalue weighted by Crippen LogP contribution is -2.24. The largest absolute Gasteiger partial charge is 0.480 e. The van der Waals surface area contributed by atoms with Crippen molar-refractivity contribution in [2.75, 3.05) is 7.11 Å². The van der Waals surface area contributed by atoms with Gasteiger partial charge in [0.1, 0.15) is 18.8 Å². The number of aliphatic carboxylic acids is 1. The number of carbonyl (C=O) groups excluding carboxylic acids is 1. The summed E-state index contributed by atoms with van der Waals surface area (Å²) in [6, 6.07) is 15.5. The fourth-order valence-electron chi connectivity index (χ4n) is 2.73. The van der Waals surface area contributed by atoms with Crippen molar-refractivity contribution < 1.29 is 19.4 Å². The Morgan fingerprint density at radius 3 is 2.44 bits per heavy atom. The minimum atomic E-state index is -1.14. The second kappa shape index (κ2) is 7.69. The van der Waals surface area contributed by atoms with Crippen LogP contribution in [0.3, 0.4) is 0 Å². The number of pyridine rings is 1. The number of methoxy groups -OCH3 is 1. The van der Waals surface area contributed by atoms with Crippen LogP contribution in [0.1, 0.15) is 0 Å². The minimum absolute atomic E-state index is 0.114. The highest BCUT2D eigenvalue weighted by Gasteiger charge is 2.17. The van der Waals surface area contributed by atoms with Crippen LogP contribution in [0.4, 0.5) is 0 Å². The van der Waals surface area contributed by atoms with Crippen molar-refractivity contribution in [3.8, 4) is 22.6 Å². The molecule has 3 rings (SSSR count). The maximum absolute atomic E-state index is 12.1. The van der Waals surface area contributed by atoms with Crippen molar-refractivity contribution >= 4 is 11.9 Å². The number of nitrogens with zero attached hydrogens (tertiary/aromatic N) is 3. The van der Waals surface area contributed by atoms with E-state index in [4.69, 9.17) is 9.84 Å². The van der Waals surface area contributed by atoms with Crippen LogP contribution in [-0.2, 0) is 27.4 Å². The highest BCUT2D eigenvalue weighted by molar-refractivity contribution is 5.73. The molecule has 0 saturated carbocycles. The summed E-state index contributed by atoms with van der Waals surface area (Å²) in [6.07, 6.45) is 0. The predicted molar refractivity (Wildman–Crippen MR) is 97.0 cm³/mol. The molecule has 0 aliphatic rings. The van der Waals surface area contributed by atoms with Crippen LogP contribution in [0.5, 0.6) is 0 Å². The number of benzene rings is 1. The summed E-state index contributed by atoms with van der Waals surface area (Å²) in [5, 5.41) is 13.5.